The van der Waals surface area contributed by atoms with Crippen LogP contribution in [0.5, 0.6) is 0 Å². The molecule has 0 amide bonds. The maximum absolute atomic E-state index is 12.3. The average Bonchev–Trinajstić information content (AvgIpc) is 2.89. The van der Waals surface area contributed by atoms with Crippen molar-refractivity contribution in [3.8, 4) is 0 Å². The summed E-state index contributed by atoms with van der Waals surface area (Å²) >= 11 is 1.29. The molecule has 1 aliphatic heterocycles. The third-order valence-electron chi connectivity index (χ3n) is 3.26. The van der Waals surface area contributed by atoms with Crippen LogP contribution in [0.3, 0.4) is 0 Å². The van der Waals surface area contributed by atoms with E-state index < -0.39 is 10.0 Å². The first-order valence-electron chi connectivity index (χ1n) is 7.17. The van der Waals surface area contributed by atoms with E-state index in [0.29, 0.717) is 4.21 Å². The number of sulfonamides is 1. The van der Waals surface area contributed by atoms with Crippen molar-refractivity contribution in [2.45, 2.75) is 43.4 Å². The number of thiophene rings is 1. The van der Waals surface area contributed by atoms with Crippen LogP contribution < -0.4 is 10.1 Å². The Bertz CT molecular complexity index is 507. The molecule has 0 atom stereocenters. The number of hydrogen-bond donors (Lipinski definition) is 2. The summed E-state index contributed by atoms with van der Waals surface area (Å²) in [6, 6.07) is 1.76. The first kappa shape index (κ1) is 15.9. The van der Waals surface area contributed by atoms with Gasteiger partial charge in [0.05, 0.1) is 0 Å². The molecule has 0 aromatic carbocycles. The number of hydrogen-bond acceptors (Lipinski definition) is 5. The molecule has 20 heavy (non-hydrogen) atoms. The molecule has 114 valence electrons. The van der Waals surface area contributed by atoms with Gasteiger partial charge in [-0.2, -0.15) is 0 Å². The third kappa shape index (κ3) is 4.53. The zero-order valence-electron chi connectivity index (χ0n) is 11.9. The summed E-state index contributed by atoms with van der Waals surface area (Å²) in [5.41, 5.74) is 1.03. The molecule has 2 heterocycles. The van der Waals surface area contributed by atoms with Crippen LogP contribution in [0.2, 0.25) is 0 Å². The molecule has 0 unspecified atom stereocenters. The van der Waals surface area contributed by atoms with Gasteiger partial charge in [-0.3, -0.25) is 0 Å². The summed E-state index contributed by atoms with van der Waals surface area (Å²) in [6.07, 6.45) is 4.37. The lowest BCUT2D eigenvalue weighted by Gasteiger charge is -2.26. The fourth-order valence-corrected chi connectivity index (χ4v) is 4.52. The normalized spacial score (nSPS) is 17.4. The summed E-state index contributed by atoms with van der Waals surface area (Å²) in [6.45, 7) is 5.39. The van der Waals surface area contributed by atoms with Crippen molar-refractivity contribution in [1.29, 1.82) is 0 Å². The van der Waals surface area contributed by atoms with Crippen LogP contribution in [-0.2, 0) is 16.6 Å². The van der Waals surface area contributed by atoms with Gasteiger partial charge in [-0.15, -0.1) is 16.2 Å². The summed E-state index contributed by atoms with van der Waals surface area (Å²) in [7, 11) is -3.40. The topological polar surface area (TPSA) is 61.4 Å². The lowest BCUT2D eigenvalue weighted by Crippen LogP contribution is -2.44. The molecule has 1 aromatic heterocycles. The van der Waals surface area contributed by atoms with Crippen molar-refractivity contribution in [3.63, 3.8) is 0 Å². The predicted molar refractivity (Wildman–Crippen MR) is 82.1 cm³/mol. The smallest absolute Gasteiger partial charge is 0.262 e. The van der Waals surface area contributed by atoms with Gasteiger partial charge in [-0.1, -0.05) is 13.3 Å². The van der Waals surface area contributed by atoms with Crippen molar-refractivity contribution in [2.75, 3.05) is 19.6 Å². The second-order valence-electron chi connectivity index (χ2n) is 5.09. The van der Waals surface area contributed by atoms with Gasteiger partial charge in [0.1, 0.15) is 4.21 Å². The lowest BCUT2D eigenvalue weighted by molar-refractivity contribution is 0.200. The Hall–Kier alpha value is -0.470. The standard InChI is InChI=1S/C13H23N3O2S2/c1-2-6-14-10-12-9-13(19-11-12)20(17,18)15-16-7-4-3-5-8-16/h9,11,14-15H,2-8,10H2,1H3. The number of nitrogens with one attached hydrogen (secondary N) is 2. The largest absolute Gasteiger partial charge is 0.313 e. The predicted octanol–water partition coefficient (Wildman–Crippen LogP) is 1.93. The Balaban J connectivity index is 1.94. The molecule has 7 heteroatoms. The summed E-state index contributed by atoms with van der Waals surface area (Å²) in [5.74, 6) is 0. The zero-order valence-corrected chi connectivity index (χ0v) is 13.5. The molecule has 1 aromatic rings. The first-order valence-corrected chi connectivity index (χ1v) is 9.53. The van der Waals surface area contributed by atoms with E-state index in [1.807, 2.05) is 10.4 Å². The molecule has 2 N–H and O–H groups in total. The fraction of sp³-hybridized carbons (Fsp3) is 0.692. The van der Waals surface area contributed by atoms with E-state index >= 15 is 0 Å². The van der Waals surface area contributed by atoms with E-state index in [-0.39, 0.29) is 0 Å². The number of nitrogens with zero attached hydrogens (tertiary/aromatic N) is 1. The van der Waals surface area contributed by atoms with Crippen molar-refractivity contribution < 1.29 is 8.42 Å². The highest BCUT2D eigenvalue weighted by Crippen LogP contribution is 2.21. The minimum Gasteiger partial charge on any atom is -0.313 e. The first-order chi connectivity index (χ1) is 9.62. The van der Waals surface area contributed by atoms with Gasteiger partial charge in [-0.05, 0) is 42.8 Å². The van der Waals surface area contributed by atoms with Gasteiger partial charge in [0.2, 0.25) is 0 Å². The van der Waals surface area contributed by atoms with Gasteiger partial charge >= 0.3 is 0 Å². The van der Waals surface area contributed by atoms with E-state index in [0.717, 1.165) is 51.0 Å². The summed E-state index contributed by atoms with van der Waals surface area (Å²) < 4.78 is 25.0. The molecule has 1 saturated heterocycles. The lowest BCUT2D eigenvalue weighted by atomic mass is 10.2. The summed E-state index contributed by atoms with van der Waals surface area (Å²) in [4.78, 5) is 2.69. The minimum absolute atomic E-state index is 0.399. The van der Waals surface area contributed by atoms with Crippen molar-refractivity contribution in [1.82, 2.24) is 15.2 Å². The van der Waals surface area contributed by atoms with Crippen LogP contribution in [0.1, 0.15) is 38.2 Å². The second kappa shape index (κ2) is 7.51. The maximum atomic E-state index is 12.3. The van der Waals surface area contributed by atoms with Crippen LogP contribution >= 0.6 is 11.3 Å². The minimum atomic E-state index is -3.40. The molecule has 0 bridgehead atoms. The molecule has 0 aliphatic carbocycles. The van der Waals surface area contributed by atoms with Gasteiger partial charge in [0.15, 0.2) is 0 Å². The fourth-order valence-electron chi connectivity index (χ4n) is 2.20. The highest BCUT2D eigenvalue weighted by molar-refractivity contribution is 7.91. The molecule has 0 saturated carbocycles. The monoisotopic (exact) mass is 317 g/mol. The molecular weight excluding hydrogens is 294 g/mol. The quantitative estimate of drug-likeness (QED) is 0.754. The second-order valence-corrected chi connectivity index (χ2v) is 7.89. The number of rotatable bonds is 7. The maximum Gasteiger partial charge on any atom is 0.262 e. The summed E-state index contributed by atoms with van der Waals surface area (Å²) in [5, 5.41) is 7.00. The zero-order chi connectivity index (χ0) is 14.4. The number of piperidine rings is 1. The van der Waals surface area contributed by atoms with E-state index in [2.05, 4.69) is 17.1 Å². The SMILES string of the molecule is CCCNCc1csc(S(=O)(=O)NN2CCCCC2)c1. The molecular formula is C13H23N3O2S2. The number of hydrazine groups is 1. The molecule has 0 radical (unpaired) electrons. The Labute approximate surface area is 125 Å². The molecule has 5 nitrogen and oxygen atoms in total. The van der Waals surface area contributed by atoms with Crippen LogP contribution in [-0.4, -0.2) is 33.1 Å². The van der Waals surface area contributed by atoms with Crippen LogP contribution in [0.4, 0.5) is 0 Å². The average molecular weight is 317 g/mol. The Morgan fingerprint density at radius 2 is 2.05 bits per heavy atom. The van der Waals surface area contributed by atoms with Gasteiger partial charge in [-0.25, -0.2) is 13.4 Å². The Kier molecular flexibility index (Phi) is 5.98. The highest BCUT2D eigenvalue weighted by Gasteiger charge is 2.21. The molecule has 0 spiro atoms. The van der Waals surface area contributed by atoms with Crippen LogP contribution in [0.15, 0.2) is 15.7 Å². The van der Waals surface area contributed by atoms with E-state index in [1.54, 1.807) is 6.07 Å². The Morgan fingerprint density at radius 1 is 1.30 bits per heavy atom. The van der Waals surface area contributed by atoms with E-state index in [4.69, 9.17) is 0 Å². The Morgan fingerprint density at radius 3 is 2.75 bits per heavy atom. The molecule has 1 fully saturated rings. The highest BCUT2D eigenvalue weighted by atomic mass is 32.2. The van der Waals surface area contributed by atoms with Gasteiger partial charge in [0, 0.05) is 19.6 Å². The molecule has 1 aliphatic rings. The van der Waals surface area contributed by atoms with E-state index in [9.17, 15) is 8.42 Å². The van der Waals surface area contributed by atoms with Crippen molar-refractivity contribution in [3.05, 3.63) is 17.0 Å². The van der Waals surface area contributed by atoms with Gasteiger partial charge < -0.3 is 5.32 Å². The van der Waals surface area contributed by atoms with Crippen LogP contribution in [0.25, 0.3) is 0 Å². The third-order valence-corrected chi connectivity index (χ3v) is 6.12. The van der Waals surface area contributed by atoms with Crippen molar-refractivity contribution in [2.24, 2.45) is 0 Å². The van der Waals surface area contributed by atoms with E-state index in [1.165, 1.54) is 17.8 Å². The van der Waals surface area contributed by atoms with Crippen molar-refractivity contribution >= 4 is 21.4 Å². The van der Waals surface area contributed by atoms with Crippen LogP contribution in [0, 0.1) is 0 Å². The molecule has 2 rings (SSSR count). The van der Waals surface area contributed by atoms with Gasteiger partial charge in [0.25, 0.3) is 10.0 Å².